The van der Waals surface area contributed by atoms with Gasteiger partial charge >= 0.3 is 0 Å². The van der Waals surface area contributed by atoms with Crippen molar-refractivity contribution in [2.75, 3.05) is 5.75 Å². The van der Waals surface area contributed by atoms with E-state index < -0.39 is 25.8 Å². The van der Waals surface area contributed by atoms with Crippen molar-refractivity contribution in [2.24, 2.45) is 11.3 Å². The van der Waals surface area contributed by atoms with Crippen LogP contribution in [-0.4, -0.2) is 31.0 Å². The Morgan fingerprint density at radius 2 is 2.00 bits per heavy atom. The third-order valence-corrected chi connectivity index (χ3v) is 6.71. The molecule has 0 saturated heterocycles. The van der Waals surface area contributed by atoms with Gasteiger partial charge in [-0.1, -0.05) is 25.2 Å². The van der Waals surface area contributed by atoms with Crippen molar-refractivity contribution < 1.29 is 18.0 Å². The maximum Gasteiger partial charge on any atom is 0.192 e. The van der Waals surface area contributed by atoms with Crippen LogP contribution >= 0.6 is 0 Å². The Bertz CT molecular complexity index is 666. The maximum atomic E-state index is 12.6. The Hall–Kier alpha value is -1.74. The molecule has 1 saturated carbocycles. The number of hydrogen-bond acceptors (Lipinski definition) is 5. The summed E-state index contributed by atoms with van der Waals surface area (Å²) in [5.41, 5.74) is -1.44. The topological polar surface area (TPSA) is 92.1 Å². The number of Topliss-reactive ketones (excluding diaryl/α,β-unsaturated/α-hetero) is 1. The molecule has 0 aromatic rings. The standard InChI is InChI=1S/C15H17NO4S/c1-2-21(19,20)14(11-16)8-3-4-9-15(14,12-5-6-12)13(18)7-10-17/h3-4,8-10,12H,2,5-7H2,1H3. The zero-order valence-corrected chi connectivity index (χ0v) is 12.6. The first kappa shape index (κ1) is 15.6. The molecule has 6 heteroatoms. The monoisotopic (exact) mass is 307 g/mol. The van der Waals surface area contributed by atoms with E-state index in [0.29, 0.717) is 19.1 Å². The van der Waals surface area contributed by atoms with Crippen LogP contribution in [0.25, 0.3) is 0 Å². The average molecular weight is 307 g/mol. The fraction of sp³-hybridized carbons (Fsp3) is 0.533. The van der Waals surface area contributed by atoms with E-state index in [0.717, 1.165) is 0 Å². The molecule has 0 spiro atoms. The summed E-state index contributed by atoms with van der Waals surface area (Å²) in [5, 5.41) is 9.68. The summed E-state index contributed by atoms with van der Waals surface area (Å²) < 4.78 is 23.3. The van der Waals surface area contributed by atoms with Gasteiger partial charge in [-0.2, -0.15) is 5.26 Å². The van der Waals surface area contributed by atoms with Crippen molar-refractivity contribution in [3.05, 3.63) is 24.3 Å². The Labute approximate surface area is 124 Å². The highest BCUT2D eigenvalue weighted by atomic mass is 32.2. The summed E-state index contributed by atoms with van der Waals surface area (Å²) in [4.78, 5) is 23.4. The Morgan fingerprint density at radius 3 is 2.48 bits per heavy atom. The van der Waals surface area contributed by atoms with E-state index in [1.165, 1.54) is 25.2 Å². The van der Waals surface area contributed by atoms with Crippen LogP contribution in [0, 0.1) is 22.7 Å². The molecule has 2 aliphatic carbocycles. The van der Waals surface area contributed by atoms with Crippen LogP contribution in [0.1, 0.15) is 26.2 Å². The number of rotatable bonds is 6. The molecule has 112 valence electrons. The molecule has 0 bridgehead atoms. The average Bonchev–Trinajstić information content (AvgIpc) is 3.31. The molecule has 0 aromatic carbocycles. The minimum atomic E-state index is -3.84. The van der Waals surface area contributed by atoms with Crippen LogP contribution in [0.2, 0.25) is 0 Å². The first-order chi connectivity index (χ1) is 9.91. The normalized spacial score (nSPS) is 31.6. The van der Waals surface area contributed by atoms with Gasteiger partial charge in [0.05, 0.1) is 17.9 Å². The number of allylic oxidation sites excluding steroid dienone is 3. The highest BCUT2D eigenvalue weighted by Gasteiger charge is 2.66. The number of ketones is 1. The lowest BCUT2D eigenvalue weighted by molar-refractivity contribution is -0.130. The molecule has 0 heterocycles. The van der Waals surface area contributed by atoms with Crippen molar-refractivity contribution in [3.8, 4) is 6.07 Å². The second-order valence-electron chi connectivity index (χ2n) is 5.41. The SMILES string of the molecule is CCS(=O)(=O)C1(C#N)C=CC=CC1(C(=O)CC=O)C1CC1. The van der Waals surface area contributed by atoms with Crippen molar-refractivity contribution >= 4 is 21.9 Å². The van der Waals surface area contributed by atoms with Gasteiger partial charge in [0, 0.05) is 5.75 Å². The smallest absolute Gasteiger partial charge is 0.192 e. The van der Waals surface area contributed by atoms with Gasteiger partial charge in [0.2, 0.25) is 0 Å². The molecule has 0 amide bonds. The fourth-order valence-corrected chi connectivity index (χ4v) is 4.94. The molecule has 2 aliphatic rings. The molecule has 2 unspecified atom stereocenters. The van der Waals surface area contributed by atoms with Crippen molar-refractivity contribution in [2.45, 2.75) is 30.9 Å². The third-order valence-electron chi connectivity index (χ3n) is 4.40. The number of nitrogens with zero attached hydrogens (tertiary/aromatic N) is 1. The highest BCUT2D eigenvalue weighted by Crippen LogP contribution is 2.58. The summed E-state index contributed by atoms with van der Waals surface area (Å²) in [6, 6.07) is 1.90. The van der Waals surface area contributed by atoms with Gasteiger partial charge in [0.15, 0.2) is 20.4 Å². The quantitative estimate of drug-likeness (QED) is 0.546. The molecule has 2 rings (SSSR count). The zero-order valence-electron chi connectivity index (χ0n) is 11.8. The second kappa shape index (κ2) is 5.23. The van der Waals surface area contributed by atoms with Gasteiger partial charge in [0.25, 0.3) is 0 Å². The maximum absolute atomic E-state index is 12.6. The Kier molecular flexibility index (Phi) is 3.89. The van der Waals surface area contributed by atoms with E-state index in [4.69, 9.17) is 0 Å². The molecule has 2 atom stereocenters. The lowest BCUT2D eigenvalue weighted by Gasteiger charge is -2.42. The molecule has 1 fully saturated rings. The number of aldehydes is 1. The molecule has 5 nitrogen and oxygen atoms in total. The number of carbonyl (C=O) groups is 2. The molecule has 0 aromatic heterocycles. The number of nitriles is 1. The Morgan fingerprint density at radius 1 is 1.38 bits per heavy atom. The minimum absolute atomic E-state index is 0.202. The van der Waals surface area contributed by atoms with Gasteiger partial charge < -0.3 is 4.79 Å². The third kappa shape index (κ3) is 1.99. The zero-order chi connectivity index (χ0) is 15.7. The fourth-order valence-electron chi connectivity index (χ4n) is 3.20. The van der Waals surface area contributed by atoms with Crippen LogP contribution in [-0.2, 0) is 19.4 Å². The van der Waals surface area contributed by atoms with Crippen LogP contribution < -0.4 is 0 Å². The molecule has 0 radical (unpaired) electrons. The largest absolute Gasteiger partial charge is 0.303 e. The molecule has 21 heavy (non-hydrogen) atoms. The lowest BCUT2D eigenvalue weighted by atomic mass is 9.65. The van der Waals surface area contributed by atoms with Crippen molar-refractivity contribution in [3.63, 3.8) is 0 Å². The van der Waals surface area contributed by atoms with E-state index in [-0.39, 0.29) is 18.1 Å². The number of sulfone groups is 1. The van der Waals surface area contributed by atoms with E-state index in [1.807, 2.05) is 6.07 Å². The van der Waals surface area contributed by atoms with E-state index in [9.17, 15) is 23.3 Å². The summed E-state index contributed by atoms with van der Waals surface area (Å²) in [6.45, 7) is 1.46. The molecule has 0 aliphatic heterocycles. The Balaban J connectivity index is 2.74. The van der Waals surface area contributed by atoms with Gasteiger partial charge in [0.1, 0.15) is 6.29 Å². The van der Waals surface area contributed by atoms with Gasteiger partial charge in [-0.3, -0.25) is 4.79 Å². The summed E-state index contributed by atoms with van der Waals surface area (Å²) in [6.07, 6.45) is 7.39. The predicted octanol–water partition coefficient (Wildman–Crippen LogP) is 1.36. The van der Waals surface area contributed by atoms with E-state index >= 15 is 0 Å². The molecular formula is C15H17NO4S. The van der Waals surface area contributed by atoms with Crippen molar-refractivity contribution in [1.29, 1.82) is 5.26 Å². The summed E-state index contributed by atoms with van der Waals surface area (Å²) >= 11 is 0. The van der Waals surface area contributed by atoms with E-state index in [1.54, 1.807) is 6.08 Å². The first-order valence-corrected chi connectivity index (χ1v) is 8.54. The molecular weight excluding hydrogens is 290 g/mol. The van der Waals surface area contributed by atoms with Crippen LogP contribution in [0.15, 0.2) is 24.3 Å². The van der Waals surface area contributed by atoms with Crippen LogP contribution in [0.5, 0.6) is 0 Å². The summed E-state index contributed by atoms with van der Waals surface area (Å²) in [7, 11) is -3.84. The number of carbonyl (C=O) groups excluding carboxylic acids is 2. The summed E-state index contributed by atoms with van der Waals surface area (Å²) in [5.74, 6) is -0.923. The number of hydrogen-bond donors (Lipinski definition) is 0. The van der Waals surface area contributed by atoms with Gasteiger partial charge in [-0.05, 0) is 24.8 Å². The first-order valence-electron chi connectivity index (χ1n) is 6.89. The van der Waals surface area contributed by atoms with Crippen molar-refractivity contribution in [1.82, 2.24) is 0 Å². The lowest BCUT2D eigenvalue weighted by Crippen LogP contribution is -2.57. The molecule has 0 N–H and O–H groups in total. The van der Waals surface area contributed by atoms with Crippen LogP contribution in [0.3, 0.4) is 0 Å². The van der Waals surface area contributed by atoms with Crippen LogP contribution in [0.4, 0.5) is 0 Å². The highest BCUT2D eigenvalue weighted by molar-refractivity contribution is 7.93. The minimum Gasteiger partial charge on any atom is -0.303 e. The van der Waals surface area contributed by atoms with Gasteiger partial charge in [-0.25, -0.2) is 8.42 Å². The van der Waals surface area contributed by atoms with E-state index in [2.05, 4.69) is 0 Å². The predicted molar refractivity (Wildman–Crippen MR) is 76.9 cm³/mol. The second-order valence-corrected chi connectivity index (χ2v) is 7.86. The van der Waals surface area contributed by atoms with Gasteiger partial charge in [-0.15, -0.1) is 0 Å².